The van der Waals surface area contributed by atoms with Crippen LogP contribution in [0.2, 0.25) is 5.02 Å². The van der Waals surface area contributed by atoms with Gasteiger partial charge in [-0.2, -0.15) is 0 Å². The maximum absolute atomic E-state index is 13.4. The molecule has 1 unspecified atom stereocenters. The van der Waals surface area contributed by atoms with Crippen molar-refractivity contribution in [2.75, 3.05) is 0 Å². The Balaban J connectivity index is 2.37. The lowest BCUT2D eigenvalue weighted by atomic mass is 10.0. The third kappa shape index (κ3) is 4.71. The van der Waals surface area contributed by atoms with Crippen molar-refractivity contribution >= 4 is 23.2 Å². The third-order valence-electron chi connectivity index (χ3n) is 2.58. The minimum atomic E-state index is -0.214. The Bertz CT molecular complexity index is 326. The highest BCUT2D eigenvalue weighted by molar-refractivity contribution is 6.30. The quantitative estimate of drug-likeness (QED) is 0.618. The topological polar surface area (TPSA) is 0 Å². The molecule has 1 atom stereocenters. The van der Waals surface area contributed by atoms with Crippen molar-refractivity contribution in [2.45, 2.75) is 44.4 Å². The molecule has 1 rings (SSSR count). The van der Waals surface area contributed by atoms with Crippen molar-refractivity contribution in [3.63, 3.8) is 0 Å². The molecule has 0 radical (unpaired) electrons. The smallest absolute Gasteiger partial charge is 0.127 e. The number of alkyl halides is 1. The average molecular weight is 263 g/mol. The molecular formula is C13H17Cl2F. The summed E-state index contributed by atoms with van der Waals surface area (Å²) in [5, 5.41) is 0.669. The summed E-state index contributed by atoms with van der Waals surface area (Å²) in [5.74, 6) is -0.214. The van der Waals surface area contributed by atoms with E-state index in [1.807, 2.05) is 0 Å². The fourth-order valence-corrected chi connectivity index (χ4v) is 2.23. The summed E-state index contributed by atoms with van der Waals surface area (Å²) >= 11 is 11.8. The van der Waals surface area contributed by atoms with E-state index < -0.39 is 0 Å². The summed E-state index contributed by atoms with van der Waals surface area (Å²) in [4.78, 5) is 0. The Morgan fingerprint density at radius 3 is 2.69 bits per heavy atom. The molecule has 0 aromatic heterocycles. The van der Waals surface area contributed by atoms with Crippen LogP contribution in [0.1, 0.15) is 38.2 Å². The molecule has 0 saturated carbocycles. The van der Waals surface area contributed by atoms with Crippen molar-refractivity contribution in [1.29, 1.82) is 0 Å². The van der Waals surface area contributed by atoms with Gasteiger partial charge in [-0.25, -0.2) is 4.39 Å². The SMILES string of the molecule is CCCC(Cl)CCCc1ccc(Cl)cc1F. The van der Waals surface area contributed by atoms with E-state index in [9.17, 15) is 4.39 Å². The monoisotopic (exact) mass is 262 g/mol. The van der Waals surface area contributed by atoms with Gasteiger partial charge in [0.1, 0.15) is 5.82 Å². The van der Waals surface area contributed by atoms with Gasteiger partial charge in [0.15, 0.2) is 0 Å². The van der Waals surface area contributed by atoms with E-state index in [1.165, 1.54) is 6.07 Å². The second-order valence-electron chi connectivity index (χ2n) is 4.01. The molecule has 0 aliphatic rings. The second kappa shape index (κ2) is 7.13. The highest BCUT2D eigenvalue weighted by atomic mass is 35.5. The minimum Gasteiger partial charge on any atom is -0.207 e. The number of halogens is 3. The molecule has 0 heterocycles. The third-order valence-corrected chi connectivity index (χ3v) is 3.25. The maximum atomic E-state index is 13.4. The van der Waals surface area contributed by atoms with Gasteiger partial charge in [0, 0.05) is 10.4 Å². The van der Waals surface area contributed by atoms with E-state index in [2.05, 4.69) is 6.92 Å². The lowest BCUT2D eigenvalue weighted by Gasteiger charge is -2.08. The predicted molar refractivity (Wildman–Crippen MR) is 68.9 cm³/mol. The number of hydrogen-bond acceptors (Lipinski definition) is 0. The molecular weight excluding hydrogens is 246 g/mol. The van der Waals surface area contributed by atoms with Crippen LogP contribution in [0, 0.1) is 5.82 Å². The van der Waals surface area contributed by atoms with E-state index in [0.29, 0.717) is 5.02 Å². The summed E-state index contributed by atoms with van der Waals surface area (Å²) < 4.78 is 13.4. The second-order valence-corrected chi connectivity index (χ2v) is 5.07. The Kier molecular flexibility index (Phi) is 6.15. The molecule has 3 heteroatoms. The van der Waals surface area contributed by atoms with Gasteiger partial charge in [0.25, 0.3) is 0 Å². The Labute approximate surface area is 107 Å². The fourth-order valence-electron chi connectivity index (χ4n) is 1.70. The maximum Gasteiger partial charge on any atom is 0.127 e. The van der Waals surface area contributed by atoms with Gasteiger partial charge in [-0.3, -0.25) is 0 Å². The number of rotatable bonds is 6. The molecule has 0 nitrogen and oxygen atoms in total. The molecule has 0 bridgehead atoms. The van der Waals surface area contributed by atoms with Crippen LogP contribution in [0.3, 0.4) is 0 Å². The lowest BCUT2D eigenvalue weighted by Crippen LogP contribution is -1.99. The average Bonchev–Trinajstić information content (AvgIpc) is 2.22. The minimum absolute atomic E-state index is 0.214. The summed E-state index contributed by atoms with van der Waals surface area (Å²) in [7, 11) is 0. The number of aryl methyl sites for hydroxylation is 1. The molecule has 0 N–H and O–H groups in total. The van der Waals surface area contributed by atoms with Crippen molar-refractivity contribution in [3.8, 4) is 0 Å². The first-order valence-electron chi connectivity index (χ1n) is 5.71. The van der Waals surface area contributed by atoms with E-state index in [0.717, 1.165) is 37.7 Å². The normalized spacial score (nSPS) is 12.8. The van der Waals surface area contributed by atoms with Crippen LogP contribution in [-0.4, -0.2) is 5.38 Å². The molecule has 0 aliphatic carbocycles. The summed E-state index contributed by atoms with van der Waals surface area (Å²) in [6, 6.07) is 4.84. The zero-order valence-electron chi connectivity index (χ0n) is 9.48. The largest absolute Gasteiger partial charge is 0.207 e. The van der Waals surface area contributed by atoms with Crippen LogP contribution < -0.4 is 0 Å². The van der Waals surface area contributed by atoms with Gasteiger partial charge >= 0.3 is 0 Å². The van der Waals surface area contributed by atoms with Gasteiger partial charge in [-0.15, -0.1) is 11.6 Å². The fraction of sp³-hybridized carbons (Fsp3) is 0.538. The molecule has 0 saturated heterocycles. The molecule has 0 aliphatic heterocycles. The van der Waals surface area contributed by atoms with Crippen LogP contribution in [-0.2, 0) is 6.42 Å². The standard InChI is InChI=1S/C13H17Cl2F/c1-2-4-11(14)6-3-5-10-7-8-12(15)9-13(10)16/h7-9,11H,2-6H2,1H3. The van der Waals surface area contributed by atoms with Crippen molar-refractivity contribution < 1.29 is 4.39 Å². The highest BCUT2D eigenvalue weighted by Crippen LogP contribution is 2.18. The van der Waals surface area contributed by atoms with Gasteiger partial charge < -0.3 is 0 Å². The first-order valence-corrected chi connectivity index (χ1v) is 6.53. The van der Waals surface area contributed by atoms with Crippen LogP contribution in [0.15, 0.2) is 18.2 Å². The van der Waals surface area contributed by atoms with E-state index in [4.69, 9.17) is 23.2 Å². The van der Waals surface area contributed by atoms with Crippen LogP contribution in [0.4, 0.5) is 4.39 Å². The summed E-state index contributed by atoms with van der Waals surface area (Å²) in [6.45, 7) is 2.12. The predicted octanol–water partition coefficient (Wildman–Crippen LogP) is 5.21. The summed E-state index contributed by atoms with van der Waals surface area (Å²) in [6.07, 6.45) is 4.73. The van der Waals surface area contributed by atoms with Crippen LogP contribution >= 0.6 is 23.2 Å². The van der Waals surface area contributed by atoms with Crippen LogP contribution in [0.25, 0.3) is 0 Å². The van der Waals surface area contributed by atoms with E-state index in [1.54, 1.807) is 12.1 Å². The molecule has 90 valence electrons. The van der Waals surface area contributed by atoms with E-state index in [-0.39, 0.29) is 11.2 Å². The molecule has 1 aromatic rings. The molecule has 0 spiro atoms. The molecule has 0 fully saturated rings. The molecule has 1 aromatic carbocycles. The molecule has 0 amide bonds. The Morgan fingerprint density at radius 1 is 1.31 bits per heavy atom. The first kappa shape index (κ1) is 13.8. The first-order chi connectivity index (χ1) is 7.63. The Morgan fingerprint density at radius 2 is 2.06 bits per heavy atom. The van der Waals surface area contributed by atoms with Gasteiger partial charge in [-0.05, 0) is 43.4 Å². The van der Waals surface area contributed by atoms with Crippen molar-refractivity contribution in [3.05, 3.63) is 34.6 Å². The van der Waals surface area contributed by atoms with Crippen LogP contribution in [0.5, 0.6) is 0 Å². The number of hydrogen-bond donors (Lipinski definition) is 0. The number of benzene rings is 1. The van der Waals surface area contributed by atoms with Gasteiger partial charge in [0.2, 0.25) is 0 Å². The Hall–Kier alpha value is -0.270. The zero-order chi connectivity index (χ0) is 12.0. The van der Waals surface area contributed by atoms with E-state index >= 15 is 0 Å². The molecule has 16 heavy (non-hydrogen) atoms. The zero-order valence-corrected chi connectivity index (χ0v) is 11.0. The highest BCUT2D eigenvalue weighted by Gasteiger charge is 2.06. The van der Waals surface area contributed by atoms with Gasteiger partial charge in [-0.1, -0.05) is 31.0 Å². The van der Waals surface area contributed by atoms with Gasteiger partial charge in [0.05, 0.1) is 0 Å². The van der Waals surface area contributed by atoms with Crippen molar-refractivity contribution in [1.82, 2.24) is 0 Å². The van der Waals surface area contributed by atoms with Crippen molar-refractivity contribution in [2.24, 2.45) is 0 Å². The lowest BCUT2D eigenvalue weighted by molar-refractivity contribution is 0.590. The summed E-state index contributed by atoms with van der Waals surface area (Å²) in [5.41, 5.74) is 0.727.